The molecular weight excluding hydrogens is 247 g/mol. The molecule has 2 aromatic rings. The third-order valence-electron chi connectivity index (χ3n) is 2.32. The van der Waals surface area contributed by atoms with Gasteiger partial charge in [-0.1, -0.05) is 11.6 Å². The molecule has 4 nitrogen and oxygen atoms in total. The van der Waals surface area contributed by atoms with E-state index in [0.717, 1.165) is 0 Å². The van der Waals surface area contributed by atoms with E-state index in [-0.39, 0.29) is 17.0 Å². The van der Waals surface area contributed by atoms with Crippen LogP contribution in [0.2, 0.25) is 5.02 Å². The van der Waals surface area contributed by atoms with Gasteiger partial charge in [0.15, 0.2) is 5.69 Å². The molecule has 1 N–H and O–H groups in total. The van der Waals surface area contributed by atoms with Crippen molar-refractivity contribution in [1.82, 2.24) is 9.55 Å². The van der Waals surface area contributed by atoms with Crippen LogP contribution in [0.25, 0.3) is 11.3 Å². The van der Waals surface area contributed by atoms with E-state index in [0.29, 0.717) is 5.02 Å². The van der Waals surface area contributed by atoms with Crippen LogP contribution in [-0.4, -0.2) is 20.6 Å². The molecule has 0 amide bonds. The average molecular weight is 255 g/mol. The normalized spacial score (nSPS) is 10.5. The van der Waals surface area contributed by atoms with E-state index >= 15 is 0 Å². The summed E-state index contributed by atoms with van der Waals surface area (Å²) in [4.78, 5) is 14.9. The maximum atomic E-state index is 13.6. The molecule has 0 aliphatic carbocycles. The summed E-state index contributed by atoms with van der Waals surface area (Å²) in [5, 5.41) is 9.36. The minimum Gasteiger partial charge on any atom is -0.477 e. The number of hydrogen-bond donors (Lipinski definition) is 1. The minimum atomic E-state index is -1.17. The van der Waals surface area contributed by atoms with Gasteiger partial charge in [0, 0.05) is 17.6 Å². The molecule has 0 radical (unpaired) electrons. The number of imidazole rings is 1. The van der Waals surface area contributed by atoms with Gasteiger partial charge in [0.1, 0.15) is 11.5 Å². The highest BCUT2D eigenvalue weighted by molar-refractivity contribution is 6.30. The molecular formula is C11H8ClFN2O2. The van der Waals surface area contributed by atoms with E-state index in [1.807, 2.05) is 0 Å². The molecule has 88 valence electrons. The highest BCUT2D eigenvalue weighted by atomic mass is 35.5. The second kappa shape index (κ2) is 4.18. The second-order valence-corrected chi connectivity index (χ2v) is 3.92. The van der Waals surface area contributed by atoms with Gasteiger partial charge in [0.05, 0.1) is 6.33 Å². The van der Waals surface area contributed by atoms with Crippen molar-refractivity contribution in [3.8, 4) is 11.3 Å². The van der Waals surface area contributed by atoms with E-state index in [4.69, 9.17) is 16.7 Å². The van der Waals surface area contributed by atoms with Crippen molar-refractivity contribution >= 4 is 17.6 Å². The van der Waals surface area contributed by atoms with Gasteiger partial charge >= 0.3 is 5.97 Å². The summed E-state index contributed by atoms with van der Waals surface area (Å²) >= 11 is 5.76. The van der Waals surface area contributed by atoms with Gasteiger partial charge in [-0.3, -0.25) is 0 Å². The summed E-state index contributed by atoms with van der Waals surface area (Å²) < 4.78 is 14.9. The Morgan fingerprint density at radius 1 is 1.53 bits per heavy atom. The zero-order valence-electron chi connectivity index (χ0n) is 8.82. The number of benzene rings is 1. The number of rotatable bonds is 2. The Balaban J connectivity index is 2.68. The molecule has 6 heteroatoms. The Morgan fingerprint density at radius 2 is 2.24 bits per heavy atom. The molecule has 0 aliphatic heterocycles. The zero-order chi connectivity index (χ0) is 12.6. The maximum Gasteiger partial charge on any atom is 0.354 e. The molecule has 0 fully saturated rings. The smallest absolute Gasteiger partial charge is 0.354 e. The molecule has 0 bridgehead atoms. The third kappa shape index (κ3) is 2.01. The van der Waals surface area contributed by atoms with Crippen molar-refractivity contribution in [3.63, 3.8) is 0 Å². The Labute approximate surface area is 101 Å². The van der Waals surface area contributed by atoms with Crippen LogP contribution in [-0.2, 0) is 7.05 Å². The Morgan fingerprint density at radius 3 is 2.88 bits per heavy atom. The zero-order valence-corrected chi connectivity index (χ0v) is 9.57. The lowest BCUT2D eigenvalue weighted by Gasteiger charge is -2.03. The van der Waals surface area contributed by atoms with Crippen LogP contribution in [0.1, 0.15) is 10.5 Å². The van der Waals surface area contributed by atoms with E-state index in [2.05, 4.69) is 4.98 Å². The van der Waals surface area contributed by atoms with Gasteiger partial charge in [0.25, 0.3) is 0 Å². The van der Waals surface area contributed by atoms with Crippen molar-refractivity contribution in [2.45, 2.75) is 0 Å². The van der Waals surface area contributed by atoms with Crippen molar-refractivity contribution in [2.24, 2.45) is 7.05 Å². The molecule has 1 aromatic heterocycles. The number of aromatic carboxylic acids is 1. The van der Waals surface area contributed by atoms with Crippen molar-refractivity contribution in [2.75, 3.05) is 0 Å². The Bertz CT molecular complexity index is 595. The van der Waals surface area contributed by atoms with E-state index in [1.54, 1.807) is 0 Å². The fraction of sp³-hybridized carbons (Fsp3) is 0.0909. The fourth-order valence-corrected chi connectivity index (χ4v) is 1.73. The number of halogens is 2. The number of carboxylic acids is 1. The highest BCUT2D eigenvalue weighted by Gasteiger charge is 2.20. The summed E-state index contributed by atoms with van der Waals surface area (Å²) in [6, 6.07) is 3.92. The first kappa shape index (κ1) is 11.6. The molecule has 0 spiro atoms. The number of aromatic nitrogens is 2. The minimum absolute atomic E-state index is 0.0694. The van der Waals surface area contributed by atoms with Crippen LogP contribution in [0.5, 0.6) is 0 Å². The van der Waals surface area contributed by atoms with Gasteiger partial charge in [-0.25, -0.2) is 14.2 Å². The van der Waals surface area contributed by atoms with Gasteiger partial charge in [0.2, 0.25) is 0 Å². The number of hydrogen-bond acceptors (Lipinski definition) is 2. The first-order valence-corrected chi connectivity index (χ1v) is 5.08. The summed E-state index contributed by atoms with van der Waals surface area (Å²) in [7, 11) is 1.53. The Kier molecular flexibility index (Phi) is 2.85. The van der Waals surface area contributed by atoms with Crippen LogP contribution < -0.4 is 0 Å². The van der Waals surface area contributed by atoms with Gasteiger partial charge < -0.3 is 9.67 Å². The SMILES string of the molecule is Cn1cnc(-c2cc(Cl)ccc2F)c1C(=O)O. The van der Waals surface area contributed by atoms with E-state index in [1.165, 1.54) is 36.1 Å². The number of carbonyl (C=O) groups is 1. The summed E-state index contributed by atoms with van der Waals surface area (Å²) in [6.07, 6.45) is 1.32. The van der Waals surface area contributed by atoms with Gasteiger partial charge in [-0.05, 0) is 18.2 Å². The molecule has 0 saturated heterocycles. The van der Waals surface area contributed by atoms with Crippen molar-refractivity contribution in [1.29, 1.82) is 0 Å². The lowest BCUT2D eigenvalue weighted by molar-refractivity contribution is 0.0687. The van der Waals surface area contributed by atoms with Crippen LogP contribution >= 0.6 is 11.6 Å². The molecule has 17 heavy (non-hydrogen) atoms. The maximum absolute atomic E-state index is 13.6. The predicted molar refractivity (Wildman–Crippen MR) is 60.6 cm³/mol. The van der Waals surface area contributed by atoms with E-state index < -0.39 is 11.8 Å². The van der Waals surface area contributed by atoms with E-state index in [9.17, 15) is 9.18 Å². The molecule has 1 aromatic carbocycles. The number of nitrogens with zero attached hydrogens (tertiary/aromatic N) is 2. The largest absolute Gasteiger partial charge is 0.477 e. The first-order valence-electron chi connectivity index (χ1n) is 4.70. The number of carboxylic acid groups (broad SMARTS) is 1. The summed E-state index contributed by atoms with van der Waals surface area (Å²) in [5.74, 6) is -1.73. The molecule has 0 unspecified atom stereocenters. The quantitative estimate of drug-likeness (QED) is 0.896. The second-order valence-electron chi connectivity index (χ2n) is 3.48. The molecule has 0 atom stereocenters. The van der Waals surface area contributed by atoms with Gasteiger partial charge in [-0.2, -0.15) is 0 Å². The average Bonchev–Trinajstić information content (AvgIpc) is 2.64. The lowest BCUT2D eigenvalue weighted by atomic mass is 10.1. The Hall–Kier alpha value is -1.88. The summed E-state index contributed by atoms with van der Waals surface area (Å²) in [6.45, 7) is 0. The van der Waals surface area contributed by atoms with Gasteiger partial charge in [-0.15, -0.1) is 0 Å². The first-order chi connectivity index (χ1) is 8.00. The monoisotopic (exact) mass is 254 g/mol. The summed E-state index contributed by atoms with van der Waals surface area (Å²) in [5.41, 5.74) is 0.0710. The third-order valence-corrected chi connectivity index (χ3v) is 2.56. The standard InChI is InChI=1S/C11H8ClFN2O2/c1-15-5-14-9(10(15)11(16)17)7-4-6(12)2-3-8(7)13/h2-5H,1H3,(H,16,17). The molecule has 1 heterocycles. The topological polar surface area (TPSA) is 55.1 Å². The van der Waals surface area contributed by atoms with Crippen LogP contribution in [0.3, 0.4) is 0 Å². The van der Waals surface area contributed by atoms with Crippen molar-refractivity contribution in [3.05, 3.63) is 41.1 Å². The lowest BCUT2D eigenvalue weighted by Crippen LogP contribution is -2.05. The van der Waals surface area contributed by atoms with Crippen LogP contribution in [0.4, 0.5) is 4.39 Å². The molecule has 2 rings (SSSR count). The number of aryl methyl sites for hydroxylation is 1. The molecule has 0 aliphatic rings. The van der Waals surface area contributed by atoms with Crippen molar-refractivity contribution < 1.29 is 14.3 Å². The van der Waals surface area contributed by atoms with Crippen LogP contribution in [0.15, 0.2) is 24.5 Å². The highest BCUT2D eigenvalue weighted by Crippen LogP contribution is 2.27. The predicted octanol–water partition coefficient (Wildman–Crippen LogP) is 2.58. The fourth-order valence-electron chi connectivity index (χ4n) is 1.56. The van der Waals surface area contributed by atoms with Crippen LogP contribution in [0, 0.1) is 5.82 Å². The molecule has 0 saturated carbocycles.